The standard InChI is InChI=1S/C25H24BrFN2O/c1-15-22(24(30)29-25-11-9-16(10-12-25)20(27)14-25)19-13-18(26)7-8-21(19)28-23(15)17-5-3-2-4-6-17/h2-8,13,16,20H,9-12,14H2,1H3,(H,29,30). The number of nitrogens with one attached hydrogen (secondary N) is 1. The Hall–Kier alpha value is -2.27. The molecule has 0 spiro atoms. The summed E-state index contributed by atoms with van der Waals surface area (Å²) in [5.74, 6) is 0.0515. The van der Waals surface area contributed by atoms with Crippen LogP contribution in [0.15, 0.2) is 53.0 Å². The first-order chi connectivity index (χ1) is 14.5. The first-order valence-corrected chi connectivity index (χ1v) is 11.4. The number of amides is 1. The quantitative estimate of drug-likeness (QED) is 0.486. The largest absolute Gasteiger partial charge is 0.346 e. The van der Waals surface area contributed by atoms with E-state index in [1.165, 1.54) is 0 Å². The lowest BCUT2D eigenvalue weighted by Gasteiger charge is -2.48. The third-order valence-corrected chi connectivity index (χ3v) is 7.42. The number of benzene rings is 2. The van der Waals surface area contributed by atoms with Crippen molar-refractivity contribution in [3.8, 4) is 11.3 Å². The average Bonchev–Trinajstić information content (AvgIpc) is 2.74. The van der Waals surface area contributed by atoms with Crippen molar-refractivity contribution in [1.29, 1.82) is 0 Å². The number of rotatable bonds is 3. The Kier molecular flexibility index (Phi) is 4.89. The number of fused-ring (bicyclic) bond motifs is 4. The van der Waals surface area contributed by atoms with Crippen molar-refractivity contribution in [3.05, 3.63) is 64.1 Å². The highest BCUT2D eigenvalue weighted by atomic mass is 79.9. The molecule has 154 valence electrons. The number of hydrogen-bond donors (Lipinski definition) is 1. The summed E-state index contributed by atoms with van der Waals surface area (Å²) in [5.41, 5.74) is 3.63. The normalized spacial score (nSPS) is 25.4. The Morgan fingerprint density at radius 1 is 1.17 bits per heavy atom. The van der Waals surface area contributed by atoms with Gasteiger partial charge < -0.3 is 5.32 Å². The van der Waals surface area contributed by atoms with Gasteiger partial charge in [-0.15, -0.1) is 0 Å². The number of halogens is 2. The number of aromatic nitrogens is 1. The molecule has 1 N–H and O–H groups in total. The molecule has 6 rings (SSSR count). The SMILES string of the molecule is Cc1c(-c2ccccc2)nc2ccc(Br)cc2c1C(=O)NC12CCC(CC1)C(F)C2. The molecule has 0 saturated heterocycles. The highest BCUT2D eigenvalue weighted by molar-refractivity contribution is 9.10. The first-order valence-electron chi connectivity index (χ1n) is 10.6. The minimum atomic E-state index is -0.808. The maximum absolute atomic E-state index is 14.5. The van der Waals surface area contributed by atoms with Crippen molar-refractivity contribution in [1.82, 2.24) is 10.3 Å². The molecule has 2 aromatic carbocycles. The van der Waals surface area contributed by atoms with Crippen LogP contribution in [0.25, 0.3) is 22.2 Å². The Morgan fingerprint density at radius 3 is 2.60 bits per heavy atom. The molecule has 1 heterocycles. The highest BCUT2D eigenvalue weighted by Gasteiger charge is 2.47. The summed E-state index contributed by atoms with van der Waals surface area (Å²) in [6.45, 7) is 1.96. The fourth-order valence-electron chi connectivity index (χ4n) is 5.28. The molecule has 2 bridgehead atoms. The zero-order valence-corrected chi connectivity index (χ0v) is 18.5. The predicted octanol–water partition coefficient (Wildman–Crippen LogP) is 6.37. The number of nitrogens with zero attached hydrogens (tertiary/aromatic N) is 1. The van der Waals surface area contributed by atoms with Gasteiger partial charge in [0.15, 0.2) is 0 Å². The summed E-state index contributed by atoms with van der Waals surface area (Å²) < 4.78 is 15.4. The molecule has 1 aromatic heterocycles. The second kappa shape index (κ2) is 7.45. The number of carbonyl (C=O) groups excluding carboxylic acids is 1. The van der Waals surface area contributed by atoms with Gasteiger partial charge >= 0.3 is 0 Å². The van der Waals surface area contributed by atoms with E-state index in [-0.39, 0.29) is 11.8 Å². The van der Waals surface area contributed by atoms with Gasteiger partial charge in [-0.25, -0.2) is 9.37 Å². The molecule has 1 atom stereocenters. The van der Waals surface area contributed by atoms with E-state index in [1.807, 2.05) is 55.5 Å². The van der Waals surface area contributed by atoms with Crippen LogP contribution in [-0.2, 0) is 0 Å². The van der Waals surface area contributed by atoms with E-state index in [0.29, 0.717) is 12.0 Å². The predicted molar refractivity (Wildman–Crippen MR) is 121 cm³/mol. The van der Waals surface area contributed by atoms with Crippen LogP contribution < -0.4 is 5.32 Å². The second-order valence-electron chi connectivity index (χ2n) is 8.78. The number of hydrogen-bond acceptors (Lipinski definition) is 2. The van der Waals surface area contributed by atoms with E-state index in [0.717, 1.165) is 57.9 Å². The maximum atomic E-state index is 14.5. The van der Waals surface area contributed by atoms with Gasteiger partial charge in [-0.3, -0.25) is 4.79 Å². The van der Waals surface area contributed by atoms with Gasteiger partial charge in [-0.05, 0) is 62.3 Å². The summed E-state index contributed by atoms with van der Waals surface area (Å²) in [5, 5.41) is 4.09. The van der Waals surface area contributed by atoms with E-state index in [1.54, 1.807) is 0 Å². The molecule has 1 unspecified atom stereocenters. The molecular formula is C25H24BrFN2O. The van der Waals surface area contributed by atoms with Gasteiger partial charge in [-0.1, -0.05) is 46.3 Å². The van der Waals surface area contributed by atoms with Crippen LogP contribution in [-0.4, -0.2) is 22.6 Å². The van der Waals surface area contributed by atoms with E-state index >= 15 is 0 Å². The molecule has 3 aromatic rings. The lowest BCUT2D eigenvalue weighted by molar-refractivity contribution is 0.0235. The van der Waals surface area contributed by atoms with Crippen LogP contribution in [0, 0.1) is 12.8 Å². The van der Waals surface area contributed by atoms with Gasteiger partial charge in [0.2, 0.25) is 0 Å². The summed E-state index contributed by atoms with van der Waals surface area (Å²) in [6, 6.07) is 15.8. The van der Waals surface area contributed by atoms with Crippen LogP contribution in [0.5, 0.6) is 0 Å². The van der Waals surface area contributed by atoms with Gasteiger partial charge in [0.05, 0.1) is 16.8 Å². The summed E-state index contributed by atoms with van der Waals surface area (Å²) in [7, 11) is 0. The Balaban J connectivity index is 1.62. The van der Waals surface area contributed by atoms with E-state index < -0.39 is 11.7 Å². The van der Waals surface area contributed by atoms with Crippen molar-refractivity contribution in [3.63, 3.8) is 0 Å². The first kappa shape index (κ1) is 19.7. The topological polar surface area (TPSA) is 42.0 Å². The van der Waals surface area contributed by atoms with Crippen LogP contribution >= 0.6 is 15.9 Å². The van der Waals surface area contributed by atoms with Crippen LogP contribution in [0.1, 0.15) is 48.0 Å². The van der Waals surface area contributed by atoms with Crippen LogP contribution in [0.3, 0.4) is 0 Å². The van der Waals surface area contributed by atoms with Gasteiger partial charge in [0, 0.05) is 27.4 Å². The molecule has 3 aliphatic carbocycles. The number of alkyl halides is 1. The van der Waals surface area contributed by atoms with Crippen molar-refractivity contribution < 1.29 is 9.18 Å². The second-order valence-corrected chi connectivity index (χ2v) is 9.70. The molecule has 30 heavy (non-hydrogen) atoms. The summed E-state index contributed by atoms with van der Waals surface area (Å²) in [6.07, 6.45) is 3.07. The van der Waals surface area contributed by atoms with Crippen LogP contribution in [0.4, 0.5) is 4.39 Å². The lowest BCUT2D eigenvalue weighted by atomic mass is 9.64. The molecular weight excluding hydrogens is 443 g/mol. The molecule has 1 amide bonds. The molecule has 5 heteroatoms. The molecule has 3 nitrogen and oxygen atoms in total. The fourth-order valence-corrected chi connectivity index (χ4v) is 5.64. The zero-order valence-electron chi connectivity index (χ0n) is 16.9. The third kappa shape index (κ3) is 3.33. The van der Waals surface area contributed by atoms with Crippen LogP contribution in [0.2, 0.25) is 0 Å². The smallest absolute Gasteiger partial charge is 0.252 e. The van der Waals surface area contributed by atoms with Crippen molar-refractivity contribution in [2.45, 2.75) is 50.7 Å². The third-order valence-electron chi connectivity index (χ3n) is 6.93. The summed E-state index contributed by atoms with van der Waals surface area (Å²) in [4.78, 5) is 18.5. The minimum Gasteiger partial charge on any atom is -0.346 e. The molecule has 3 saturated carbocycles. The van der Waals surface area contributed by atoms with Crippen molar-refractivity contribution >= 4 is 32.7 Å². The Labute approximate surface area is 184 Å². The molecule has 3 fully saturated rings. The van der Waals surface area contributed by atoms with Crippen molar-refractivity contribution in [2.24, 2.45) is 5.92 Å². The van der Waals surface area contributed by atoms with Gasteiger partial charge in [-0.2, -0.15) is 0 Å². The fraction of sp³-hybridized carbons (Fsp3) is 0.360. The average molecular weight is 467 g/mol. The molecule has 0 aliphatic heterocycles. The minimum absolute atomic E-state index is 0.122. The van der Waals surface area contributed by atoms with E-state index in [2.05, 4.69) is 21.2 Å². The highest BCUT2D eigenvalue weighted by Crippen LogP contribution is 2.46. The van der Waals surface area contributed by atoms with Gasteiger partial charge in [0.1, 0.15) is 6.17 Å². The number of pyridine rings is 1. The Bertz CT molecular complexity index is 1120. The number of carbonyl (C=O) groups is 1. The van der Waals surface area contributed by atoms with E-state index in [9.17, 15) is 9.18 Å². The zero-order chi connectivity index (χ0) is 20.9. The molecule has 3 aliphatic rings. The lowest BCUT2D eigenvalue weighted by Crippen LogP contribution is -2.57. The van der Waals surface area contributed by atoms with Crippen molar-refractivity contribution in [2.75, 3.05) is 0 Å². The van der Waals surface area contributed by atoms with Gasteiger partial charge in [0.25, 0.3) is 5.91 Å². The monoisotopic (exact) mass is 466 g/mol. The molecule has 0 radical (unpaired) electrons. The summed E-state index contributed by atoms with van der Waals surface area (Å²) >= 11 is 3.53. The Morgan fingerprint density at radius 2 is 1.90 bits per heavy atom. The maximum Gasteiger partial charge on any atom is 0.252 e. The van der Waals surface area contributed by atoms with E-state index in [4.69, 9.17) is 4.98 Å².